The number of hydrogen-bond acceptors (Lipinski definition) is 6. The second kappa shape index (κ2) is 9.77. The molecule has 2 amide bonds. The number of hydrogen-bond donors (Lipinski definition) is 2. The Hall–Kier alpha value is -3.85. The fraction of sp³-hybridized carbons (Fsp3) is 0.0909. The largest absolute Gasteiger partial charge is 0.454 e. The van der Waals surface area contributed by atoms with E-state index in [2.05, 4.69) is 10.6 Å². The molecule has 0 spiro atoms. The van der Waals surface area contributed by atoms with Crippen LogP contribution in [0.25, 0.3) is 0 Å². The Kier molecular flexibility index (Phi) is 6.88. The van der Waals surface area contributed by atoms with E-state index in [1.54, 1.807) is 17.5 Å². The van der Waals surface area contributed by atoms with Gasteiger partial charge in [0.15, 0.2) is 6.61 Å². The summed E-state index contributed by atoms with van der Waals surface area (Å²) >= 11 is 1.31. The Morgan fingerprint density at radius 3 is 2.29 bits per heavy atom. The molecule has 0 aliphatic rings. The van der Waals surface area contributed by atoms with Gasteiger partial charge in [0.1, 0.15) is 5.82 Å². The number of ketones is 1. The molecule has 1 aromatic heterocycles. The minimum atomic E-state index is -0.835. The van der Waals surface area contributed by atoms with Crippen molar-refractivity contribution in [3.63, 3.8) is 0 Å². The first-order valence-electron chi connectivity index (χ1n) is 9.06. The number of halogens is 1. The van der Waals surface area contributed by atoms with Crippen molar-refractivity contribution in [1.82, 2.24) is 0 Å². The summed E-state index contributed by atoms with van der Waals surface area (Å²) in [5.74, 6) is -2.95. The van der Waals surface area contributed by atoms with Gasteiger partial charge in [-0.1, -0.05) is 6.07 Å². The summed E-state index contributed by atoms with van der Waals surface area (Å²) in [7, 11) is 0. The molecule has 7 nitrogen and oxygen atoms in total. The third-order valence-corrected chi connectivity index (χ3v) is 4.92. The SMILES string of the molecule is CC(=O)Nc1ccc(C(=O)COC(=O)c2ccc(NC(=O)c3cccs3)cc2)c(F)c1. The van der Waals surface area contributed by atoms with Gasteiger partial charge in [-0.05, 0) is 53.9 Å². The van der Waals surface area contributed by atoms with Gasteiger partial charge in [0, 0.05) is 18.3 Å². The van der Waals surface area contributed by atoms with Gasteiger partial charge in [-0.3, -0.25) is 14.4 Å². The molecule has 1 heterocycles. The van der Waals surface area contributed by atoms with E-state index >= 15 is 0 Å². The first-order valence-corrected chi connectivity index (χ1v) is 9.94. The topological polar surface area (TPSA) is 102 Å². The molecule has 3 rings (SSSR count). The van der Waals surface area contributed by atoms with Crippen LogP contribution in [0.1, 0.15) is 37.3 Å². The number of thiophene rings is 1. The number of Topliss-reactive ketones (excluding diaryl/α,β-unsaturated/α-hetero) is 1. The minimum absolute atomic E-state index is 0.170. The molecule has 0 atom stereocenters. The highest BCUT2D eigenvalue weighted by molar-refractivity contribution is 7.12. The van der Waals surface area contributed by atoms with Crippen molar-refractivity contribution in [2.24, 2.45) is 0 Å². The third kappa shape index (κ3) is 5.83. The molecule has 0 bridgehead atoms. The number of anilines is 2. The highest BCUT2D eigenvalue weighted by Gasteiger charge is 2.16. The van der Waals surface area contributed by atoms with Crippen LogP contribution in [0.5, 0.6) is 0 Å². The maximum atomic E-state index is 14.1. The van der Waals surface area contributed by atoms with Gasteiger partial charge in [-0.2, -0.15) is 0 Å². The van der Waals surface area contributed by atoms with Crippen molar-refractivity contribution >= 4 is 46.3 Å². The van der Waals surface area contributed by atoms with Crippen LogP contribution in [-0.4, -0.2) is 30.2 Å². The Morgan fingerprint density at radius 2 is 1.68 bits per heavy atom. The lowest BCUT2D eigenvalue weighted by Gasteiger charge is -2.08. The van der Waals surface area contributed by atoms with Crippen LogP contribution in [0.4, 0.5) is 15.8 Å². The summed E-state index contributed by atoms with van der Waals surface area (Å²) in [6.07, 6.45) is 0. The maximum Gasteiger partial charge on any atom is 0.338 e. The van der Waals surface area contributed by atoms with Crippen LogP contribution in [0.2, 0.25) is 0 Å². The molecular formula is C22H17FN2O5S. The van der Waals surface area contributed by atoms with Crippen molar-refractivity contribution in [2.75, 3.05) is 17.2 Å². The lowest BCUT2D eigenvalue weighted by Crippen LogP contribution is -2.16. The summed E-state index contributed by atoms with van der Waals surface area (Å²) in [5.41, 5.74) is 0.620. The summed E-state index contributed by atoms with van der Waals surface area (Å²) in [5, 5.41) is 6.90. The molecule has 158 valence electrons. The van der Waals surface area contributed by atoms with Gasteiger partial charge in [0.2, 0.25) is 11.7 Å². The van der Waals surface area contributed by atoms with Crippen molar-refractivity contribution in [1.29, 1.82) is 0 Å². The number of benzene rings is 2. The zero-order valence-electron chi connectivity index (χ0n) is 16.3. The maximum absolute atomic E-state index is 14.1. The first kappa shape index (κ1) is 21.8. The Balaban J connectivity index is 1.56. The van der Waals surface area contributed by atoms with E-state index in [4.69, 9.17) is 4.74 Å². The van der Waals surface area contributed by atoms with Crippen molar-refractivity contribution in [3.8, 4) is 0 Å². The Labute approximate surface area is 180 Å². The molecule has 2 aromatic carbocycles. The molecule has 0 aliphatic heterocycles. The van der Waals surface area contributed by atoms with E-state index < -0.39 is 24.2 Å². The number of carbonyl (C=O) groups excluding carboxylic acids is 4. The average Bonchev–Trinajstić information content (AvgIpc) is 3.27. The second-order valence-electron chi connectivity index (χ2n) is 6.38. The smallest absolute Gasteiger partial charge is 0.338 e. The molecule has 0 saturated carbocycles. The zero-order valence-corrected chi connectivity index (χ0v) is 17.1. The highest BCUT2D eigenvalue weighted by atomic mass is 32.1. The number of rotatable bonds is 7. The average molecular weight is 440 g/mol. The highest BCUT2D eigenvalue weighted by Crippen LogP contribution is 2.17. The summed E-state index contributed by atoms with van der Waals surface area (Å²) in [6.45, 7) is 0.632. The van der Waals surface area contributed by atoms with E-state index in [-0.39, 0.29) is 28.6 Å². The van der Waals surface area contributed by atoms with Crippen molar-refractivity contribution < 1.29 is 28.3 Å². The lowest BCUT2D eigenvalue weighted by molar-refractivity contribution is -0.114. The van der Waals surface area contributed by atoms with E-state index in [9.17, 15) is 23.6 Å². The molecule has 0 aliphatic carbocycles. The lowest BCUT2D eigenvalue weighted by atomic mass is 10.1. The molecule has 0 saturated heterocycles. The normalized spacial score (nSPS) is 10.3. The number of amides is 2. The van der Waals surface area contributed by atoms with Crippen LogP contribution in [0, 0.1) is 5.82 Å². The number of esters is 1. The van der Waals surface area contributed by atoms with E-state index in [0.29, 0.717) is 10.6 Å². The van der Waals surface area contributed by atoms with Gasteiger partial charge in [0.05, 0.1) is 16.0 Å². The second-order valence-corrected chi connectivity index (χ2v) is 7.33. The predicted octanol–water partition coefficient (Wildman–Crippen LogP) is 4.14. The standard InChI is InChI=1S/C22H17FN2O5S/c1-13(26)24-16-8-9-17(18(23)11-16)19(27)12-30-22(29)14-4-6-15(7-5-14)25-21(28)20-3-2-10-31-20/h2-11H,12H2,1H3,(H,24,26)(H,25,28). The third-order valence-electron chi connectivity index (χ3n) is 4.05. The van der Waals surface area contributed by atoms with E-state index in [1.165, 1.54) is 54.7 Å². The monoisotopic (exact) mass is 440 g/mol. The molecule has 0 radical (unpaired) electrons. The molecule has 9 heteroatoms. The van der Waals surface area contributed by atoms with E-state index in [1.807, 2.05) is 0 Å². The Bertz CT molecular complexity index is 1130. The van der Waals surface area contributed by atoms with Gasteiger partial charge < -0.3 is 15.4 Å². The Morgan fingerprint density at radius 1 is 0.968 bits per heavy atom. The van der Waals surface area contributed by atoms with Crippen LogP contribution >= 0.6 is 11.3 Å². The molecule has 0 unspecified atom stereocenters. The van der Waals surface area contributed by atoms with Crippen LogP contribution in [0.3, 0.4) is 0 Å². The number of ether oxygens (including phenoxy) is 1. The molecule has 31 heavy (non-hydrogen) atoms. The quantitative estimate of drug-likeness (QED) is 0.425. The molecule has 0 fully saturated rings. The fourth-order valence-electron chi connectivity index (χ4n) is 2.60. The summed E-state index contributed by atoms with van der Waals surface area (Å²) in [6, 6.07) is 13.0. The van der Waals surface area contributed by atoms with E-state index in [0.717, 1.165) is 6.07 Å². The predicted molar refractivity (Wildman–Crippen MR) is 114 cm³/mol. The summed E-state index contributed by atoms with van der Waals surface area (Å²) in [4.78, 5) is 47.9. The summed E-state index contributed by atoms with van der Waals surface area (Å²) < 4.78 is 19.1. The number of carbonyl (C=O) groups is 4. The first-order chi connectivity index (χ1) is 14.8. The van der Waals surface area contributed by atoms with Gasteiger partial charge in [-0.15, -0.1) is 11.3 Å². The van der Waals surface area contributed by atoms with Gasteiger partial charge in [-0.25, -0.2) is 9.18 Å². The minimum Gasteiger partial charge on any atom is -0.454 e. The molecular weight excluding hydrogens is 423 g/mol. The van der Waals surface area contributed by atoms with Crippen molar-refractivity contribution in [3.05, 3.63) is 81.8 Å². The zero-order chi connectivity index (χ0) is 22.4. The van der Waals surface area contributed by atoms with Crippen LogP contribution < -0.4 is 10.6 Å². The molecule has 3 aromatic rings. The van der Waals surface area contributed by atoms with Crippen LogP contribution in [-0.2, 0) is 9.53 Å². The number of nitrogens with one attached hydrogen (secondary N) is 2. The fourth-order valence-corrected chi connectivity index (χ4v) is 3.22. The van der Waals surface area contributed by atoms with Gasteiger partial charge in [0.25, 0.3) is 5.91 Å². The van der Waals surface area contributed by atoms with Crippen LogP contribution in [0.15, 0.2) is 60.0 Å². The van der Waals surface area contributed by atoms with Crippen molar-refractivity contribution in [2.45, 2.75) is 6.92 Å². The van der Waals surface area contributed by atoms with Gasteiger partial charge >= 0.3 is 5.97 Å². The molecule has 2 N–H and O–H groups in total.